The fourth-order valence-corrected chi connectivity index (χ4v) is 3.69. The molecule has 0 spiro atoms. The standard InChI is InChI=1S/C15H8Br2Cl2N2/c1-7-4-8(2-3-12(7)18)15-20-13-10(14(19)21-15)5-9(16)6-11(13)17/h2-6H,1H3. The van der Waals surface area contributed by atoms with Gasteiger partial charge in [0.05, 0.1) is 5.52 Å². The molecule has 0 saturated carbocycles. The number of halogens is 4. The van der Waals surface area contributed by atoms with Crippen LogP contribution in [0.3, 0.4) is 0 Å². The average molecular weight is 447 g/mol. The van der Waals surface area contributed by atoms with Gasteiger partial charge in [0.2, 0.25) is 0 Å². The molecule has 0 amide bonds. The molecule has 0 atom stereocenters. The van der Waals surface area contributed by atoms with E-state index in [-0.39, 0.29) is 0 Å². The van der Waals surface area contributed by atoms with E-state index < -0.39 is 0 Å². The van der Waals surface area contributed by atoms with Crippen molar-refractivity contribution in [3.8, 4) is 11.4 Å². The van der Waals surface area contributed by atoms with Crippen molar-refractivity contribution in [3.63, 3.8) is 0 Å². The second-order valence-electron chi connectivity index (χ2n) is 4.59. The monoisotopic (exact) mass is 444 g/mol. The third-order valence-corrected chi connectivity index (χ3v) is 4.86. The third-order valence-electron chi connectivity index (χ3n) is 3.09. The van der Waals surface area contributed by atoms with Crippen molar-refractivity contribution >= 4 is 66.0 Å². The van der Waals surface area contributed by atoms with E-state index in [4.69, 9.17) is 23.2 Å². The van der Waals surface area contributed by atoms with Crippen LogP contribution in [-0.4, -0.2) is 9.97 Å². The van der Waals surface area contributed by atoms with Crippen LogP contribution < -0.4 is 0 Å². The molecule has 106 valence electrons. The smallest absolute Gasteiger partial charge is 0.161 e. The molecule has 0 unspecified atom stereocenters. The first-order valence-corrected chi connectivity index (χ1v) is 8.39. The number of hydrogen-bond donors (Lipinski definition) is 0. The van der Waals surface area contributed by atoms with E-state index in [2.05, 4.69) is 41.8 Å². The Hall–Kier alpha value is -0.680. The van der Waals surface area contributed by atoms with E-state index >= 15 is 0 Å². The van der Waals surface area contributed by atoms with Gasteiger partial charge in [0, 0.05) is 24.9 Å². The maximum Gasteiger partial charge on any atom is 0.161 e. The fourth-order valence-electron chi connectivity index (χ4n) is 2.03. The van der Waals surface area contributed by atoms with Crippen LogP contribution in [0.4, 0.5) is 0 Å². The molecule has 0 N–H and O–H groups in total. The molecule has 0 bridgehead atoms. The topological polar surface area (TPSA) is 25.8 Å². The number of benzene rings is 2. The van der Waals surface area contributed by atoms with Crippen molar-refractivity contribution in [2.75, 3.05) is 0 Å². The highest BCUT2D eigenvalue weighted by atomic mass is 79.9. The summed E-state index contributed by atoms with van der Waals surface area (Å²) in [5, 5.41) is 1.94. The average Bonchev–Trinajstić information content (AvgIpc) is 2.43. The highest BCUT2D eigenvalue weighted by Crippen LogP contribution is 2.33. The largest absolute Gasteiger partial charge is 0.227 e. The molecule has 0 saturated heterocycles. The van der Waals surface area contributed by atoms with Crippen LogP contribution in [0.5, 0.6) is 0 Å². The predicted octanol–water partition coefficient (Wildman–Crippen LogP) is 6.44. The zero-order valence-corrected chi connectivity index (χ0v) is 15.5. The Labute approximate surface area is 148 Å². The van der Waals surface area contributed by atoms with Gasteiger partial charge >= 0.3 is 0 Å². The lowest BCUT2D eigenvalue weighted by Gasteiger charge is -2.08. The molecule has 3 rings (SSSR count). The zero-order valence-electron chi connectivity index (χ0n) is 10.8. The SMILES string of the molecule is Cc1cc(-c2nc(Cl)c3cc(Br)cc(Br)c3n2)ccc1Cl. The number of nitrogens with zero attached hydrogens (tertiary/aromatic N) is 2. The minimum atomic E-state index is 0.421. The first-order chi connectivity index (χ1) is 9.95. The number of aromatic nitrogens is 2. The molecular weight excluding hydrogens is 439 g/mol. The van der Waals surface area contributed by atoms with Gasteiger partial charge in [-0.05, 0) is 58.7 Å². The van der Waals surface area contributed by atoms with Crippen molar-refractivity contribution in [2.24, 2.45) is 0 Å². The number of hydrogen-bond acceptors (Lipinski definition) is 2. The molecule has 0 aliphatic rings. The quantitative estimate of drug-likeness (QED) is 0.402. The van der Waals surface area contributed by atoms with Gasteiger partial charge in [-0.2, -0.15) is 0 Å². The van der Waals surface area contributed by atoms with Crippen molar-refractivity contribution < 1.29 is 0 Å². The van der Waals surface area contributed by atoms with E-state index in [0.717, 1.165) is 36.0 Å². The highest BCUT2D eigenvalue weighted by Gasteiger charge is 2.12. The van der Waals surface area contributed by atoms with Gasteiger partial charge in [-0.15, -0.1) is 0 Å². The summed E-state index contributed by atoms with van der Waals surface area (Å²) in [6.07, 6.45) is 0. The Balaban J connectivity index is 2.27. The maximum atomic E-state index is 6.31. The second kappa shape index (κ2) is 5.84. The predicted molar refractivity (Wildman–Crippen MR) is 95.1 cm³/mol. The minimum Gasteiger partial charge on any atom is -0.227 e. The minimum absolute atomic E-state index is 0.421. The van der Waals surface area contributed by atoms with Crippen LogP contribution in [0.2, 0.25) is 10.2 Å². The van der Waals surface area contributed by atoms with E-state index in [0.29, 0.717) is 11.0 Å². The molecule has 0 aliphatic heterocycles. The Bertz CT molecular complexity index is 866. The molecule has 0 aliphatic carbocycles. The van der Waals surface area contributed by atoms with Crippen LogP contribution >= 0.6 is 55.1 Å². The molecule has 1 aromatic heterocycles. The number of fused-ring (bicyclic) bond motifs is 1. The number of aryl methyl sites for hydroxylation is 1. The summed E-state index contributed by atoms with van der Waals surface area (Å²) >= 11 is 19.3. The lowest BCUT2D eigenvalue weighted by Crippen LogP contribution is -1.93. The molecule has 6 heteroatoms. The lowest BCUT2D eigenvalue weighted by molar-refractivity contribution is 1.22. The lowest BCUT2D eigenvalue weighted by atomic mass is 10.1. The number of rotatable bonds is 1. The Kier molecular flexibility index (Phi) is 4.23. The molecule has 2 aromatic carbocycles. The summed E-state index contributed by atoms with van der Waals surface area (Å²) < 4.78 is 1.78. The first kappa shape index (κ1) is 15.2. The fraction of sp³-hybridized carbons (Fsp3) is 0.0667. The van der Waals surface area contributed by atoms with E-state index in [1.54, 1.807) is 0 Å². The van der Waals surface area contributed by atoms with E-state index in [1.807, 2.05) is 37.3 Å². The first-order valence-electron chi connectivity index (χ1n) is 6.04. The summed E-state index contributed by atoms with van der Waals surface area (Å²) in [4.78, 5) is 9.01. The molecule has 0 fully saturated rings. The van der Waals surface area contributed by atoms with Crippen molar-refractivity contribution in [2.45, 2.75) is 6.92 Å². The third kappa shape index (κ3) is 2.95. The second-order valence-corrected chi connectivity index (χ2v) is 7.12. The van der Waals surface area contributed by atoms with Crippen molar-refractivity contribution in [1.29, 1.82) is 0 Å². The summed E-state index contributed by atoms with van der Waals surface area (Å²) in [5.74, 6) is 0.579. The normalized spacial score (nSPS) is 11.1. The van der Waals surface area contributed by atoms with Gasteiger partial charge in [0.25, 0.3) is 0 Å². The van der Waals surface area contributed by atoms with Gasteiger partial charge in [-0.1, -0.05) is 39.1 Å². The van der Waals surface area contributed by atoms with Crippen LogP contribution in [-0.2, 0) is 0 Å². The van der Waals surface area contributed by atoms with E-state index in [1.165, 1.54) is 0 Å². The zero-order chi connectivity index (χ0) is 15.1. The van der Waals surface area contributed by atoms with Gasteiger partial charge in [-0.25, -0.2) is 9.97 Å². The Morgan fingerprint density at radius 2 is 1.76 bits per heavy atom. The van der Waals surface area contributed by atoms with E-state index in [9.17, 15) is 0 Å². The van der Waals surface area contributed by atoms with Crippen LogP contribution in [0.1, 0.15) is 5.56 Å². The van der Waals surface area contributed by atoms with Crippen LogP contribution in [0, 0.1) is 6.92 Å². The highest BCUT2D eigenvalue weighted by molar-refractivity contribution is 9.11. The van der Waals surface area contributed by atoms with Crippen LogP contribution in [0.15, 0.2) is 39.3 Å². The molecule has 2 nitrogen and oxygen atoms in total. The molecular formula is C15H8Br2Cl2N2. The van der Waals surface area contributed by atoms with Gasteiger partial charge in [-0.3, -0.25) is 0 Å². The summed E-state index contributed by atoms with van der Waals surface area (Å²) in [5.41, 5.74) is 2.64. The van der Waals surface area contributed by atoms with Gasteiger partial charge in [0.1, 0.15) is 5.15 Å². The Morgan fingerprint density at radius 1 is 1.00 bits per heavy atom. The summed E-state index contributed by atoms with van der Waals surface area (Å²) in [7, 11) is 0. The van der Waals surface area contributed by atoms with Gasteiger partial charge in [0.15, 0.2) is 5.82 Å². The maximum absolute atomic E-state index is 6.31. The van der Waals surface area contributed by atoms with Crippen molar-refractivity contribution in [3.05, 3.63) is 55.0 Å². The molecule has 0 radical (unpaired) electrons. The van der Waals surface area contributed by atoms with Crippen molar-refractivity contribution in [1.82, 2.24) is 9.97 Å². The van der Waals surface area contributed by atoms with Gasteiger partial charge < -0.3 is 0 Å². The summed E-state index contributed by atoms with van der Waals surface area (Å²) in [6.45, 7) is 1.95. The summed E-state index contributed by atoms with van der Waals surface area (Å²) in [6, 6.07) is 9.51. The Morgan fingerprint density at radius 3 is 2.48 bits per heavy atom. The van der Waals surface area contributed by atoms with Crippen LogP contribution in [0.25, 0.3) is 22.3 Å². The molecule has 3 aromatic rings. The molecule has 21 heavy (non-hydrogen) atoms. The molecule has 1 heterocycles.